The van der Waals surface area contributed by atoms with Crippen LogP contribution in [0, 0.1) is 0 Å². The molecular formula is C11H13N5O3S. The van der Waals surface area contributed by atoms with Crippen LogP contribution in [0.4, 0.5) is 5.13 Å². The molecule has 1 N–H and O–H groups in total. The maximum absolute atomic E-state index is 11.6. The number of aromatic nitrogens is 4. The molecule has 2 rings (SSSR count). The molecule has 2 aromatic heterocycles. The van der Waals surface area contributed by atoms with Crippen LogP contribution in [-0.2, 0) is 11.3 Å². The number of anilines is 1. The van der Waals surface area contributed by atoms with E-state index in [0.29, 0.717) is 17.5 Å². The van der Waals surface area contributed by atoms with Crippen molar-refractivity contribution in [1.82, 2.24) is 20.2 Å². The second-order valence-electron chi connectivity index (χ2n) is 4.01. The molecule has 0 bridgehead atoms. The van der Waals surface area contributed by atoms with Crippen molar-refractivity contribution in [1.29, 1.82) is 0 Å². The van der Waals surface area contributed by atoms with Gasteiger partial charge < -0.3 is 9.64 Å². The first-order valence-corrected chi connectivity index (χ1v) is 6.50. The third kappa shape index (κ3) is 2.82. The van der Waals surface area contributed by atoms with Crippen molar-refractivity contribution in [3.05, 3.63) is 22.7 Å². The van der Waals surface area contributed by atoms with Gasteiger partial charge in [0, 0.05) is 14.0 Å². The van der Waals surface area contributed by atoms with E-state index >= 15 is 0 Å². The van der Waals surface area contributed by atoms with E-state index in [4.69, 9.17) is 0 Å². The molecule has 0 atom stereocenters. The maximum atomic E-state index is 11.6. The van der Waals surface area contributed by atoms with Crippen molar-refractivity contribution in [3.63, 3.8) is 0 Å². The molecule has 0 spiro atoms. The summed E-state index contributed by atoms with van der Waals surface area (Å²) in [6, 6.07) is 0. The average molecular weight is 295 g/mol. The number of ether oxygens (including phenoxy) is 1. The Kier molecular flexibility index (Phi) is 4.08. The van der Waals surface area contributed by atoms with E-state index < -0.39 is 5.97 Å². The highest BCUT2D eigenvalue weighted by Gasteiger charge is 2.23. The molecular weight excluding hydrogens is 282 g/mol. The summed E-state index contributed by atoms with van der Waals surface area (Å²) < 4.78 is 4.63. The van der Waals surface area contributed by atoms with Gasteiger partial charge in [-0.05, 0) is 0 Å². The molecule has 0 saturated carbocycles. The fourth-order valence-corrected chi connectivity index (χ4v) is 2.45. The van der Waals surface area contributed by atoms with Gasteiger partial charge in [-0.25, -0.2) is 14.8 Å². The van der Waals surface area contributed by atoms with Crippen LogP contribution >= 0.6 is 11.3 Å². The summed E-state index contributed by atoms with van der Waals surface area (Å²) in [5.74, 6) is -0.181. The minimum absolute atomic E-state index is 0.0458. The van der Waals surface area contributed by atoms with Gasteiger partial charge in [0.15, 0.2) is 16.6 Å². The van der Waals surface area contributed by atoms with Crippen molar-refractivity contribution < 1.29 is 14.3 Å². The monoisotopic (exact) mass is 295 g/mol. The number of methoxy groups -OCH3 is 1. The Morgan fingerprint density at radius 2 is 2.25 bits per heavy atom. The lowest BCUT2D eigenvalue weighted by molar-refractivity contribution is 0.0591. The second-order valence-corrected chi connectivity index (χ2v) is 4.99. The van der Waals surface area contributed by atoms with Crippen LogP contribution in [0.15, 0.2) is 6.33 Å². The van der Waals surface area contributed by atoms with E-state index in [-0.39, 0.29) is 16.4 Å². The first kappa shape index (κ1) is 14.1. The highest BCUT2D eigenvalue weighted by molar-refractivity contribution is 7.17. The topological polar surface area (TPSA) is 101 Å². The molecule has 2 aromatic rings. The molecule has 0 amide bonds. The summed E-state index contributed by atoms with van der Waals surface area (Å²) in [4.78, 5) is 33.4. The molecule has 0 unspecified atom stereocenters. The predicted molar refractivity (Wildman–Crippen MR) is 71.9 cm³/mol. The summed E-state index contributed by atoms with van der Waals surface area (Å²) in [6.45, 7) is 1.83. The minimum atomic E-state index is -0.620. The number of nitrogens with zero attached hydrogens (tertiary/aromatic N) is 4. The molecule has 0 aliphatic rings. The third-order valence-corrected chi connectivity index (χ3v) is 3.76. The van der Waals surface area contributed by atoms with Gasteiger partial charge in [-0.1, -0.05) is 11.3 Å². The smallest absolute Gasteiger partial charge is 0.358 e. The fourth-order valence-electron chi connectivity index (χ4n) is 1.55. The molecule has 0 aromatic carbocycles. The standard InChI is InChI=1S/C11H13N5O3S/c1-6(17)9-8(10(18)19-3)14-11(20-9)16(2)4-7-12-5-13-15-7/h5H,4H2,1-3H3,(H,12,13,15). The van der Waals surface area contributed by atoms with Gasteiger partial charge >= 0.3 is 5.97 Å². The lowest BCUT2D eigenvalue weighted by atomic mass is 10.3. The highest BCUT2D eigenvalue weighted by atomic mass is 32.1. The van der Waals surface area contributed by atoms with Crippen molar-refractivity contribution in [3.8, 4) is 0 Å². The molecule has 0 saturated heterocycles. The maximum Gasteiger partial charge on any atom is 0.358 e. The molecule has 8 nitrogen and oxygen atoms in total. The van der Waals surface area contributed by atoms with Gasteiger partial charge in [-0.3, -0.25) is 9.89 Å². The Hall–Kier alpha value is -2.29. The van der Waals surface area contributed by atoms with Crippen molar-refractivity contribution in [2.45, 2.75) is 13.5 Å². The number of esters is 1. The number of aromatic amines is 1. The van der Waals surface area contributed by atoms with Gasteiger partial charge in [0.25, 0.3) is 0 Å². The predicted octanol–water partition coefficient (Wildman–Crippen LogP) is 0.887. The van der Waals surface area contributed by atoms with Crippen LogP contribution in [0.25, 0.3) is 0 Å². The zero-order chi connectivity index (χ0) is 14.7. The van der Waals surface area contributed by atoms with E-state index in [1.807, 2.05) is 0 Å². The van der Waals surface area contributed by atoms with Crippen molar-refractivity contribution >= 4 is 28.2 Å². The van der Waals surface area contributed by atoms with Crippen molar-refractivity contribution in [2.24, 2.45) is 0 Å². The number of Topliss-reactive ketones (excluding diaryl/α,β-unsaturated/α-hetero) is 1. The molecule has 0 fully saturated rings. The number of thiazole rings is 1. The zero-order valence-corrected chi connectivity index (χ0v) is 12.0. The SMILES string of the molecule is COC(=O)c1nc(N(C)Cc2ncn[nH]2)sc1C(C)=O. The van der Waals surface area contributed by atoms with Gasteiger partial charge in [-0.15, -0.1) is 0 Å². The molecule has 20 heavy (non-hydrogen) atoms. The summed E-state index contributed by atoms with van der Waals surface area (Å²) in [6.07, 6.45) is 1.41. The van der Waals surface area contributed by atoms with E-state index in [2.05, 4.69) is 24.9 Å². The normalized spacial score (nSPS) is 10.3. The van der Waals surface area contributed by atoms with Gasteiger partial charge in [0.05, 0.1) is 13.7 Å². The van der Waals surface area contributed by atoms with Crippen LogP contribution in [0.2, 0.25) is 0 Å². The number of rotatable bonds is 5. The minimum Gasteiger partial charge on any atom is -0.464 e. The van der Waals surface area contributed by atoms with E-state index in [1.165, 1.54) is 20.4 Å². The van der Waals surface area contributed by atoms with Crippen LogP contribution < -0.4 is 4.90 Å². The number of carbonyl (C=O) groups excluding carboxylic acids is 2. The number of carbonyl (C=O) groups is 2. The molecule has 0 aliphatic carbocycles. The zero-order valence-electron chi connectivity index (χ0n) is 11.2. The number of hydrogen-bond donors (Lipinski definition) is 1. The molecule has 2 heterocycles. The van der Waals surface area contributed by atoms with Crippen LogP contribution in [0.1, 0.15) is 32.9 Å². The van der Waals surface area contributed by atoms with Crippen LogP contribution in [-0.4, -0.2) is 46.1 Å². The molecule has 0 aliphatic heterocycles. The first-order chi connectivity index (χ1) is 9.52. The Balaban J connectivity index is 2.28. The fraction of sp³-hybridized carbons (Fsp3) is 0.364. The lowest BCUT2D eigenvalue weighted by Crippen LogP contribution is -2.17. The quantitative estimate of drug-likeness (QED) is 0.645. The van der Waals surface area contributed by atoms with Gasteiger partial charge in [0.1, 0.15) is 17.0 Å². The first-order valence-electron chi connectivity index (χ1n) is 5.68. The van der Waals surface area contributed by atoms with E-state index in [1.54, 1.807) is 11.9 Å². The van der Waals surface area contributed by atoms with Crippen LogP contribution in [0.3, 0.4) is 0 Å². The second kappa shape index (κ2) is 5.78. The Morgan fingerprint density at radius 3 is 2.80 bits per heavy atom. The van der Waals surface area contributed by atoms with E-state index in [9.17, 15) is 9.59 Å². The summed E-state index contributed by atoms with van der Waals surface area (Å²) in [5.41, 5.74) is 0.0458. The number of hydrogen-bond acceptors (Lipinski definition) is 8. The largest absolute Gasteiger partial charge is 0.464 e. The Morgan fingerprint density at radius 1 is 1.50 bits per heavy atom. The molecule has 9 heteroatoms. The van der Waals surface area contributed by atoms with E-state index in [0.717, 1.165) is 11.3 Å². The summed E-state index contributed by atoms with van der Waals surface area (Å²) in [7, 11) is 3.04. The molecule has 106 valence electrons. The average Bonchev–Trinajstić information content (AvgIpc) is 3.06. The number of nitrogens with one attached hydrogen (secondary N) is 1. The number of ketones is 1. The van der Waals surface area contributed by atoms with Gasteiger partial charge in [-0.2, -0.15) is 5.10 Å². The van der Waals surface area contributed by atoms with Gasteiger partial charge in [0.2, 0.25) is 0 Å². The summed E-state index contributed by atoms with van der Waals surface area (Å²) in [5, 5.41) is 7.02. The number of H-pyrrole nitrogens is 1. The van der Waals surface area contributed by atoms with Crippen molar-refractivity contribution in [2.75, 3.05) is 19.1 Å². The highest BCUT2D eigenvalue weighted by Crippen LogP contribution is 2.27. The lowest BCUT2D eigenvalue weighted by Gasteiger charge is -2.12. The third-order valence-electron chi connectivity index (χ3n) is 2.49. The summed E-state index contributed by atoms with van der Waals surface area (Å²) >= 11 is 1.14. The van der Waals surface area contributed by atoms with Crippen LogP contribution in [0.5, 0.6) is 0 Å². The molecule has 0 radical (unpaired) electrons. The Labute approximate surface area is 118 Å². The Bertz CT molecular complexity index is 622.